The van der Waals surface area contributed by atoms with Gasteiger partial charge in [0.05, 0.1) is 20.8 Å². The first kappa shape index (κ1) is 14.6. The number of benzene rings is 1. The fourth-order valence-electron chi connectivity index (χ4n) is 1.98. The molecule has 0 amide bonds. The number of carboxylic acids is 1. The van der Waals surface area contributed by atoms with Crippen LogP contribution in [0.5, 0.6) is 11.5 Å². The summed E-state index contributed by atoms with van der Waals surface area (Å²) in [5.74, 6) is -0.0313. The summed E-state index contributed by atoms with van der Waals surface area (Å²) in [6, 6.07) is 8.07. The van der Waals surface area contributed by atoms with Crippen LogP contribution in [0, 0.1) is 0 Å². The Morgan fingerprint density at radius 1 is 1.19 bits per heavy atom. The van der Waals surface area contributed by atoms with Gasteiger partial charge in [-0.15, -0.1) is 0 Å². The minimum absolute atomic E-state index is 0.230. The van der Waals surface area contributed by atoms with Crippen LogP contribution in [0.15, 0.2) is 41.3 Å². The molecule has 110 valence electrons. The van der Waals surface area contributed by atoms with Crippen LogP contribution >= 0.6 is 0 Å². The molecule has 0 aliphatic carbocycles. The standard InChI is InChI=1S/C15H15NO5/c1-20-11-6-10(7-12(8-11)21-2)9-16-5-3-4-13(14(16)17)15(18)19/h3-8H,9H2,1-2H3,(H,18,19). The van der Waals surface area contributed by atoms with Gasteiger partial charge in [0.1, 0.15) is 17.1 Å². The number of aromatic carboxylic acids is 1. The minimum Gasteiger partial charge on any atom is -0.497 e. The van der Waals surface area contributed by atoms with Crippen LogP contribution in [0.1, 0.15) is 15.9 Å². The number of carbonyl (C=O) groups is 1. The molecule has 6 heteroatoms. The lowest BCUT2D eigenvalue weighted by Gasteiger charge is -2.10. The molecule has 1 N–H and O–H groups in total. The number of rotatable bonds is 5. The Morgan fingerprint density at radius 3 is 2.33 bits per heavy atom. The first-order valence-corrected chi connectivity index (χ1v) is 6.20. The summed E-state index contributed by atoms with van der Waals surface area (Å²) in [7, 11) is 3.07. The maximum absolute atomic E-state index is 12.0. The molecule has 0 bridgehead atoms. The highest BCUT2D eigenvalue weighted by Gasteiger charge is 2.11. The summed E-state index contributed by atoms with van der Waals surface area (Å²) in [5, 5.41) is 8.97. The van der Waals surface area contributed by atoms with Crippen LogP contribution < -0.4 is 15.0 Å². The monoisotopic (exact) mass is 289 g/mol. The lowest BCUT2D eigenvalue weighted by atomic mass is 10.2. The zero-order valence-electron chi connectivity index (χ0n) is 11.7. The lowest BCUT2D eigenvalue weighted by molar-refractivity contribution is 0.0694. The van der Waals surface area contributed by atoms with Crippen molar-refractivity contribution < 1.29 is 19.4 Å². The van der Waals surface area contributed by atoms with Crippen molar-refractivity contribution in [2.45, 2.75) is 6.54 Å². The van der Waals surface area contributed by atoms with E-state index in [1.807, 2.05) is 0 Å². The van der Waals surface area contributed by atoms with E-state index in [2.05, 4.69) is 0 Å². The van der Waals surface area contributed by atoms with E-state index in [4.69, 9.17) is 14.6 Å². The maximum atomic E-state index is 12.0. The molecule has 6 nitrogen and oxygen atoms in total. The Balaban J connectivity index is 2.41. The zero-order chi connectivity index (χ0) is 15.4. The molecule has 2 rings (SSSR count). The van der Waals surface area contributed by atoms with Crippen LogP contribution in [0.4, 0.5) is 0 Å². The van der Waals surface area contributed by atoms with Gasteiger partial charge in [-0.3, -0.25) is 4.79 Å². The van der Waals surface area contributed by atoms with Gasteiger partial charge in [0.15, 0.2) is 0 Å². The SMILES string of the molecule is COc1cc(Cn2cccc(C(=O)O)c2=O)cc(OC)c1. The van der Waals surface area contributed by atoms with Crippen molar-refractivity contribution in [3.63, 3.8) is 0 Å². The Labute approximate surface area is 121 Å². The smallest absolute Gasteiger partial charge is 0.341 e. The van der Waals surface area contributed by atoms with Crippen LogP contribution in [-0.2, 0) is 6.54 Å². The van der Waals surface area contributed by atoms with E-state index >= 15 is 0 Å². The third-order valence-corrected chi connectivity index (χ3v) is 3.01. The molecule has 0 aliphatic heterocycles. The van der Waals surface area contributed by atoms with E-state index in [1.165, 1.54) is 30.9 Å². The summed E-state index contributed by atoms with van der Waals surface area (Å²) >= 11 is 0. The molecular formula is C15H15NO5. The van der Waals surface area contributed by atoms with Gasteiger partial charge in [-0.25, -0.2) is 4.79 Å². The Morgan fingerprint density at radius 2 is 1.81 bits per heavy atom. The topological polar surface area (TPSA) is 77.8 Å². The summed E-state index contributed by atoms with van der Waals surface area (Å²) in [5.41, 5.74) is -0.0324. The Bertz CT molecular complexity index is 698. The molecule has 0 fully saturated rings. The van der Waals surface area contributed by atoms with E-state index < -0.39 is 11.5 Å². The van der Waals surface area contributed by atoms with Crippen molar-refractivity contribution in [1.82, 2.24) is 4.57 Å². The quantitative estimate of drug-likeness (QED) is 0.904. The first-order valence-electron chi connectivity index (χ1n) is 6.20. The zero-order valence-corrected chi connectivity index (χ0v) is 11.7. The van der Waals surface area contributed by atoms with Crippen LogP contribution in [0.3, 0.4) is 0 Å². The molecule has 0 aliphatic rings. The van der Waals surface area contributed by atoms with E-state index in [-0.39, 0.29) is 12.1 Å². The second-order valence-corrected chi connectivity index (χ2v) is 4.38. The number of hydrogen-bond donors (Lipinski definition) is 1. The molecular weight excluding hydrogens is 274 g/mol. The summed E-state index contributed by atoms with van der Waals surface area (Å²) < 4.78 is 11.7. The maximum Gasteiger partial charge on any atom is 0.341 e. The van der Waals surface area contributed by atoms with Crippen molar-refractivity contribution in [3.8, 4) is 11.5 Å². The average Bonchev–Trinajstić information content (AvgIpc) is 2.48. The van der Waals surface area contributed by atoms with Gasteiger partial charge in [-0.05, 0) is 29.8 Å². The molecule has 0 radical (unpaired) electrons. The normalized spacial score (nSPS) is 10.2. The molecule has 0 saturated heterocycles. The fraction of sp³-hybridized carbons (Fsp3) is 0.200. The number of ether oxygens (including phenoxy) is 2. The molecule has 0 saturated carbocycles. The van der Waals surface area contributed by atoms with Crippen molar-refractivity contribution in [3.05, 3.63) is 58.0 Å². The lowest BCUT2D eigenvalue weighted by Crippen LogP contribution is -2.26. The Hall–Kier alpha value is -2.76. The summed E-state index contributed by atoms with van der Waals surface area (Å²) in [6.07, 6.45) is 1.54. The fourth-order valence-corrected chi connectivity index (χ4v) is 1.98. The van der Waals surface area contributed by atoms with Gasteiger partial charge in [0, 0.05) is 12.3 Å². The summed E-state index contributed by atoms with van der Waals surface area (Å²) in [4.78, 5) is 23.0. The highest BCUT2D eigenvalue weighted by Crippen LogP contribution is 2.22. The average molecular weight is 289 g/mol. The number of nitrogens with zero attached hydrogens (tertiary/aromatic N) is 1. The number of pyridine rings is 1. The number of aromatic nitrogens is 1. The molecule has 1 aromatic carbocycles. The number of hydrogen-bond acceptors (Lipinski definition) is 4. The molecule has 0 atom stereocenters. The first-order chi connectivity index (χ1) is 10.0. The Kier molecular flexibility index (Phi) is 4.27. The van der Waals surface area contributed by atoms with Crippen molar-refractivity contribution in [2.75, 3.05) is 14.2 Å². The van der Waals surface area contributed by atoms with Crippen LogP contribution in [-0.4, -0.2) is 29.9 Å². The van der Waals surface area contributed by atoms with E-state index in [1.54, 1.807) is 24.4 Å². The van der Waals surface area contributed by atoms with Crippen molar-refractivity contribution >= 4 is 5.97 Å². The second kappa shape index (κ2) is 6.13. The number of methoxy groups -OCH3 is 2. The van der Waals surface area contributed by atoms with Crippen LogP contribution in [0.25, 0.3) is 0 Å². The summed E-state index contributed by atoms with van der Waals surface area (Å²) in [6.45, 7) is 0.230. The molecule has 1 aromatic heterocycles. The van der Waals surface area contributed by atoms with Gasteiger partial charge >= 0.3 is 5.97 Å². The molecule has 21 heavy (non-hydrogen) atoms. The van der Waals surface area contributed by atoms with E-state index in [0.717, 1.165) is 5.56 Å². The predicted molar refractivity (Wildman–Crippen MR) is 76.3 cm³/mol. The molecule has 0 unspecified atom stereocenters. The van der Waals surface area contributed by atoms with Gasteiger partial charge < -0.3 is 19.1 Å². The minimum atomic E-state index is -1.24. The van der Waals surface area contributed by atoms with Gasteiger partial charge in [0.2, 0.25) is 0 Å². The van der Waals surface area contributed by atoms with Crippen molar-refractivity contribution in [1.29, 1.82) is 0 Å². The van der Waals surface area contributed by atoms with Crippen LogP contribution in [0.2, 0.25) is 0 Å². The third-order valence-electron chi connectivity index (χ3n) is 3.01. The molecule has 0 spiro atoms. The van der Waals surface area contributed by atoms with Gasteiger partial charge in [-0.2, -0.15) is 0 Å². The van der Waals surface area contributed by atoms with Gasteiger partial charge in [0.25, 0.3) is 5.56 Å². The third kappa shape index (κ3) is 3.22. The molecule has 1 heterocycles. The van der Waals surface area contributed by atoms with Gasteiger partial charge in [-0.1, -0.05) is 0 Å². The largest absolute Gasteiger partial charge is 0.497 e. The number of carboxylic acid groups (broad SMARTS) is 1. The highest BCUT2D eigenvalue weighted by molar-refractivity contribution is 5.86. The predicted octanol–water partition coefficient (Wildman–Crippen LogP) is 1.61. The molecule has 2 aromatic rings. The van der Waals surface area contributed by atoms with E-state index in [0.29, 0.717) is 11.5 Å². The second-order valence-electron chi connectivity index (χ2n) is 4.38. The van der Waals surface area contributed by atoms with E-state index in [9.17, 15) is 9.59 Å². The highest BCUT2D eigenvalue weighted by atomic mass is 16.5. The van der Waals surface area contributed by atoms with Crippen molar-refractivity contribution in [2.24, 2.45) is 0 Å².